The van der Waals surface area contributed by atoms with Crippen molar-refractivity contribution in [3.8, 4) is 0 Å². The Balaban J connectivity index is 2.17. The Morgan fingerprint density at radius 2 is 2.12 bits per heavy atom. The first kappa shape index (κ1) is 19.7. The van der Waals surface area contributed by atoms with Crippen LogP contribution in [0.3, 0.4) is 0 Å². The molecule has 2 rings (SSSR count). The topological polar surface area (TPSA) is 109 Å². The molecule has 1 aliphatic heterocycles. The van der Waals surface area contributed by atoms with Crippen LogP contribution in [-0.2, 0) is 20.7 Å². The van der Waals surface area contributed by atoms with E-state index in [0.717, 1.165) is 0 Å². The molecule has 0 aliphatic carbocycles. The number of carboxylic acids is 1. The van der Waals surface area contributed by atoms with E-state index in [4.69, 9.17) is 4.74 Å². The number of amides is 2. The minimum absolute atomic E-state index is 0.155. The van der Waals surface area contributed by atoms with Crippen molar-refractivity contribution in [3.05, 3.63) is 30.1 Å². The van der Waals surface area contributed by atoms with Crippen LogP contribution in [0.5, 0.6) is 0 Å². The molecule has 8 heteroatoms. The lowest BCUT2D eigenvalue weighted by atomic mass is 10.1. The third-order valence-corrected chi connectivity index (χ3v) is 3.95. The molecule has 26 heavy (non-hydrogen) atoms. The number of aliphatic carboxylic acids is 1. The van der Waals surface area contributed by atoms with Gasteiger partial charge in [0.05, 0.1) is 0 Å². The molecule has 2 N–H and O–H groups in total. The van der Waals surface area contributed by atoms with E-state index < -0.39 is 35.7 Å². The lowest BCUT2D eigenvalue weighted by Crippen LogP contribution is -2.53. The fraction of sp³-hybridized carbons (Fsp3) is 0.556. The molecule has 1 aliphatic rings. The van der Waals surface area contributed by atoms with Crippen molar-refractivity contribution in [1.29, 1.82) is 0 Å². The highest BCUT2D eigenvalue weighted by Crippen LogP contribution is 2.19. The first-order valence-electron chi connectivity index (χ1n) is 8.60. The number of aromatic nitrogens is 1. The zero-order valence-electron chi connectivity index (χ0n) is 15.3. The number of rotatable bonds is 5. The molecule has 0 radical (unpaired) electrons. The standard InChI is InChI=1S/C18H25N3O5/c1-18(2,3)26-17(25)20-13(11-12-7-4-5-9-19-12)15(22)21-10-6-8-14(21)16(23)24/h4-5,7,9,13-14H,6,8,10-11H2,1-3H3,(H,20,25)(H,23,24)/t13-,14+/m1/s1. The highest BCUT2D eigenvalue weighted by molar-refractivity contribution is 5.90. The number of hydrogen-bond donors (Lipinski definition) is 2. The molecule has 1 saturated heterocycles. The van der Waals surface area contributed by atoms with Crippen LogP contribution < -0.4 is 5.32 Å². The Bertz CT molecular complexity index is 657. The molecule has 0 bridgehead atoms. The summed E-state index contributed by atoms with van der Waals surface area (Å²) in [5.74, 6) is -1.48. The second-order valence-electron chi connectivity index (χ2n) is 7.25. The molecule has 142 valence electrons. The number of ether oxygens (including phenoxy) is 1. The van der Waals surface area contributed by atoms with E-state index in [0.29, 0.717) is 25.1 Å². The second-order valence-corrected chi connectivity index (χ2v) is 7.25. The van der Waals surface area contributed by atoms with Crippen molar-refractivity contribution in [1.82, 2.24) is 15.2 Å². The lowest BCUT2D eigenvalue weighted by Gasteiger charge is -2.28. The van der Waals surface area contributed by atoms with E-state index in [1.165, 1.54) is 4.90 Å². The van der Waals surface area contributed by atoms with Crippen molar-refractivity contribution in [2.24, 2.45) is 0 Å². The van der Waals surface area contributed by atoms with Crippen LogP contribution >= 0.6 is 0 Å². The Morgan fingerprint density at radius 1 is 1.38 bits per heavy atom. The zero-order valence-corrected chi connectivity index (χ0v) is 15.3. The third kappa shape index (κ3) is 5.44. The summed E-state index contributed by atoms with van der Waals surface area (Å²) < 4.78 is 5.24. The van der Waals surface area contributed by atoms with E-state index in [1.807, 2.05) is 0 Å². The van der Waals surface area contributed by atoms with Gasteiger partial charge in [0, 0.05) is 24.9 Å². The summed E-state index contributed by atoms with van der Waals surface area (Å²) >= 11 is 0. The first-order chi connectivity index (χ1) is 12.2. The number of carbonyl (C=O) groups excluding carboxylic acids is 2. The predicted molar refractivity (Wildman–Crippen MR) is 93.5 cm³/mol. The maximum atomic E-state index is 12.9. The summed E-state index contributed by atoms with van der Waals surface area (Å²) in [6, 6.07) is 3.47. The number of nitrogens with zero attached hydrogens (tertiary/aromatic N) is 2. The monoisotopic (exact) mass is 363 g/mol. The van der Waals surface area contributed by atoms with Crippen molar-refractivity contribution < 1.29 is 24.2 Å². The number of pyridine rings is 1. The van der Waals surface area contributed by atoms with Gasteiger partial charge in [-0.05, 0) is 45.7 Å². The molecule has 2 amide bonds. The van der Waals surface area contributed by atoms with Crippen LogP contribution in [0.15, 0.2) is 24.4 Å². The molecular formula is C18H25N3O5. The van der Waals surface area contributed by atoms with Crippen LogP contribution in [-0.4, -0.2) is 57.2 Å². The molecule has 0 saturated carbocycles. The van der Waals surface area contributed by atoms with Gasteiger partial charge in [-0.25, -0.2) is 9.59 Å². The molecule has 0 spiro atoms. The average Bonchev–Trinajstić information content (AvgIpc) is 3.02. The minimum Gasteiger partial charge on any atom is -0.480 e. The number of carbonyl (C=O) groups is 3. The van der Waals surface area contributed by atoms with Crippen molar-refractivity contribution in [3.63, 3.8) is 0 Å². The normalized spacial score (nSPS) is 18.3. The fourth-order valence-electron chi connectivity index (χ4n) is 2.87. The predicted octanol–water partition coefficient (Wildman–Crippen LogP) is 1.59. The quantitative estimate of drug-likeness (QED) is 0.822. The highest BCUT2D eigenvalue weighted by Gasteiger charge is 2.38. The summed E-state index contributed by atoms with van der Waals surface area (Å²) in [5.41, 5.74) is -0.0899. The van der Waals surface area contributed by atoms with E-state index in [-0.39, 0.29) is 6.42 Å². The maximum Gasteiger partial charge on any atom is 0.408 e. The van der Waals surface area contributed by atoms with Crippen molar-refractivity contribution in [2.45, 2.75) is 57.7 Å². The minimum atomic E-state index is -1.04. The van der Waals surface area contributed by atoms with Crippen LogP contribution in [0.2, 0.25) is 0 Å². The lowest BCUT2D eigenvalue weighted by molar-refractivity contribution is -0.149. The molecular weight excluding hydrogens is 338 g/mol. The maximum absolute atomic E-state index is 12.9. The van der Waals surface area contributed by atoms with Crippen molar-refractivity contribution in [2.75, 3.05) is 6.54 Å². The van der Waals surface area contributed by atoms with E-state index in [1.54, 1.807) is 45.2 Å². The molecule has 0 unspecified atom stereocenters. The van der Waals surface area contributed by atoms with E-state index >= 15 is 0 Å². The Morgan fingerprint density at radius 3 is 2.69 bits per heavy atom. The SMILES string of the molecule is CC(C)(C)OC(=O)N[C@H](Cc1ccccn1)C(=O)N1CCC[C@H]1C(=O)O. The average molecular weight is 363 g/mol. The van der Waals surface area contributed by atoms with Crippen LogP contribution in [0.1, 0.15) is 39.3 Å². The van der Waals surface area contributed by atoms with Gasteiger partial charge in [0.1, 0.15) is 17.7 Å². The van der Waals surface area contributed by atoms with Crippen LogP contribution in [0.4, 0.5) is 4.79 Å². The molecule has 1 fully saturated rings. The number of alkyl carbamates (subject to hydrolysis) is 1. The molecule has 8 nitrogen and oxygen atoms in total. The summed E-state index contributed by atoms with van der Waals surface area (Å²) in [5, 5.41) is 11.9. The smallest absolute Gasteiger partial charge is 0.408 e. The summed E-state index contributed by atoms with van der Waals surface area (Å²) in [7, 11) is 0. The van der Waals surface area contributed by atoms with Gasteiger partial charge in [-0.1, -0.05) is 6.07 Å². The van der Waals surface area contributed by atoms with Crippen LogP contribution in [0, 0.1) is 0 Å². The highest BCUT2D eigenvalue weighted by atomic mass is 16.6. The van der Waals surface area contributed by atoms with E-state index in [2.05, 4.69) is 10.3 Å². The van der Waals surface area contributed by atoms with Gasteiger partial charge in [-0.3, -0.25) is 9.78 Å². The summed E-state index contributed by atoms with van der Waals surface area (Å²) in [6.07, 6.45) is 2.05. The number of nitrogens with one attached hydrogen (secondary N) is 1. The molecule has 2 heterocycles. The summed E-state index contributed by atoms with van der Waals surface area (Å²) in [4.78, 5) is 42.0. The molecule has 2 atom stereocenters. The fourth-order valence-corrected chi connectivity index (χ4v) is 2.87. The van der Waals surface area contributed by atoms with Gasteiger partial charge in [-0.2, -0.15) is 0 Å². The Labute approximate surface area is 152 Å². The Kier molecular flexibility index (Phi) is 6.18. The number of likely N-dealkylation sites (tertiary alicyclic amines) is 1. The van der Waals surface area contributed by atoms with Gasteiger partial charge >= 0.3 is 12.1 Å². The van der Waals surface area contributed by atoms with Crippen molar-refractivity contribution >= 4 is 18.0 Å². The zero-order chi connectivity index (χ0) is 19.3. The third-order valence-electron chi connectivity index (χ3n) is 3.95. The largest absolute Gasteiger partial charge is 0.480 e. The molecule has 1 aromatic rings. The Hall–Kier alpha value is -2.64. The van der Waals surface area contributed by atoms with Gasteiger partial charge in [-0.15, -0.1) is 0 Å². The molecule has 0 aromatic carbocycles. The second kappa shape index (κ2) is 8.16. The first-order valence-corrected chi connectivity index (χ1v) is 8.60. The van der Waals surface area contributed by atoms with E-state index in [9.17, 15) is 19.5 Å². The van der Waals surface area contributed by atoms with Crippen LogP contribution in [0.25, 0.3) is 0 Å². The van der Waals surface area contributed by atoms with Gasteiger partial charge < -0.3 is 20.1 Å². The van der Waals surface area contributed by atoms with Gasteiger partial charge in [0.25, 0.3) is 0 Å². The number of hydrogen-bond acceptors (Lipinski definition) is 5. The molecule has 1 aromatic heterocycles. The number of carboxylic acid groups (broad SMARTS) is 1. The summed E-state index contributed by atoms with van der Waals surface area (Å²) in [6.45, 7) is 5.53. The van der Waals surface area contributed by atoms with Gasteiger partial charge in [0.15, 0.2) is 0 Å². The van der Waals surface area contributed by atoms with Gasteiger partial charge in [0.2, 0.25) is 5.91 Å².